The number of hydrogen-bond donors (Lipinski definition) is 6. The molecule has 81 heavy (non-hydrogen) atoms. The first-order valence-electron chi connectivity index (χ1n) is 29.2. The average molecular weight is 1150 g/mol. The van der Waals surface area contributed by atoms with Crippen LogP contribution in [0.15, 0.2) is 40.8 Å². The van der Waals surface area contributed by atoms with E-state index < -0.39 is 114 Å². The third kappa shape index (κ3) is 17.1. The summed E-state index contributed by atoms with van der Waals surface area (Å²) in [6.07, 6.45) is -6.40. The maximum atomic E-state index is 14.5. The lowest BCUT2D eigenvalue weighted by atomic mass is 9.77. The van der Waals surface area contributed by atoms with E-state index in [0.717, 1.165) is 16.8 Å². The summed E-state index contributed by atoms with van der Waals surface area (Å²) in [5.74, 6) is -2.82. The van der Waals surface area contributed by atoms with Gasteiger partial charge in [0, 0.05) is 76.9 Å². The Kier molecular flexibility index (Phi) is 22.7. The molecule has 1 unspecified atom stereocenters. The van der Waals surface area contributed by atoms with Gasteiger partial charge >= 0.3 is 12.1 Å². The topological polar surface area (TPSA) is 277 Å². The predicted molar refractivity (Wildman–Crippen MR) is 300 cm³/mol. The van der Waals surface area contributed by atoms with Gasteiger partial charge < -0.3 is 73.4 Å². The van der Waals surface area contributed by atoms with Crippen LogP contribution < -0.4 is 5.43 Å². The summed E-state index contributed by atoms with van der Waals surface area (Å²) >= 11 is 0. The van der Waals surface area contributed by atoms with Crippen molar-refractivity contribution in [1.82, 2.24) is 35.1 Å². The summed E-state index contributed by atoms with van der Waals surface area (Å²) < 4.78 is 46.0. The highest BCUT2D eigenvalue weighted by Crippen LogP contribution is 2.40. The van der Waals surface area contributed by atoms with Gasteiger partial charge in [0.2, 0.25) is 0 Å². The average Bonchev–Trinajstić information content (AvgIpc) is 4.18. The number of likely N-dealkylation sites (N-methyl/N-ethyl adjacent to an activating group) is 2. The first kappa shape index (κ1) is 66.2. The molecule has 0 aliphatic carbocycles. The number of rotatable bonds is 17. The summed E-state index contributed by atoms with van der Waals surface area (Å²) in [7, 11) is 5.28. The number of carbonyl (C=O) groups is 2. The summed E-state index contributed by atoms with van der Waals surface area (Å²) in [4.78, 5) is 33.3. The first-order chi connectivity index (χ1) is 37.9. The number of ether oxygens (including phenoxy) is 7. The lowest BCUT2D eigenvalue weighted by molar-refractivity contribution is -0.318. The Morgan fingerprint density at radius 3 is 2.26 bits per heavy atom. The molecule has 1 aromatic heterocycles. The van der Waals surface area contributed by atoms with Crippen LogP contribution in [0.2, 0.25) is 0 Å². The molecule has 1 amide bonds. The van der Waals surface area contributed by atoms with Crippen molar-refractivity contribution < 1.29 is 68.3 Å². The maximum Gasteiger partial charge on any atom is 0.410 e. The van der Waals surface area contributed by atoms with Crippen LogP contribution in [0.3, 0.4) is 0 Å². The van der Waals surface area contributed by atoms with E-state index in [1.54, 1.807) is 46.4 Å². The number of nitrogens with one attached hydrogen (secondary N) is 1. The summed E-state index contributed by atoms with van der Waals surface area (Å²) in [5.41, 5.74) is 0.609. The van der Waals surface area contributed by atoms with Crippen LogP contribution in [0.1, 0.15) is 133 Å². The molecule has 4 aliphatic rings. The largest absolute Gasteiger partial charge is 0.459 e. The third-order valence-electron chi connectivity index (χ3n) is 17.1. The molecule has 0 radical (unpaired) electrons. The van der Waals surface area contributed by atoms with E-state index in [1.807, 2.05) is 83.5 Å². The number of hydrogen-bond acceptors (Lipinski definition) is 21. The number of nitrogens with zero attached hydrogens (tertiary/aromatic N) is 8. The van der Waals surface area contributed by atoms with E-state index in [-0.39, 0.29) is 37.3 Å². The zero-order chi connectivity index (χ0) is 59.9. The lowest BCUT2D eigenvalue weighted by Gasteiger charge is -2.49. The minimum Gasteiger partial charge on any atom is -0.459 e. The second-order valence-corrected chi connectivity index (χ2v) is 25.6. The fourth-order valence-electron chi connectivity index (χ4n) is 12.2. The number of cyclic esters (lactones) is 1. The number of aromatic nitrogens is 3. The fraction of sp³-hybridized carbons (Fsp3) is 0.828. The normalized spacial score (nSPS) is 37.8. The van der Waals surface area contributed by atoms with Crippen LogP contribution in [0, 0.1) is 17.8 Å². The molecule has 3 saturated heterocycles. The quantitative estimate of drug-likeness (QED) is 0.120. The monoisotopic (exact) mass is 1150 g/mol. The van der Waals surface area contributed by atoms with Crippen LogP contribution >= 0.6 is 0 Å². The van der Waals surface area contributed by atoms with Gasteiger partial charge in [0.25, 0.3) is 0 Å². The highest BCUT2D eigenvalue weighted by molar-refractivity contribution is 5.73. The number of methoxy groups -OCH3 is 1. The molecule has 6 N–H and O–H groups in total. The van der Waals surface area contributed by atoms with Crippen molar-refractivity contribution in [2.45, 2.75) is 244 Å². The van der Waals surface area contributed by atoms with Crippen molar-refractivity contribution in [2.75, 3.05) is 47.4 Å². The second-order valence-electron chi connectivity index (χ2n) is 25.6. The van der Waals surface area contributed by atoms with Crippen molar-refractivity contribution in [3.05, 3.63) is 47.3 Å². The van der Waals surface area contributed by atoms with E-state index in [9.17, 15) is 35.1 Å². The summed E-state index contributed by atoms with van der Waals surface area (Å²) in [6, 6.07) is 7.05. The third-order valence-corrected chi connectivity index (χ3v) is 17.1. The van der Waals surface area contributed by atoms with Gasteiger partial charge in [-0.1, -0.05) is 55.5 Å². The number of esters is 1. The zero-order valence-electron chi connectivity index (χ0n) is 51.1. The molecule has 3 fully saturated rings. The molecular weight excluding hydrogens is 1050 g/mol. The standard InChI is InChI=1S/C58H99N9O14/c1-17-45-58(13,74)49(69)38(6)65(15)30-34(2)27-56(11,73)51(36(4)48(37(5)52(71)78-45)79-46-28-57(12,75-16)50(70)39(7)77-46)80-53-47(68)44(26-35(3)76-53)64(14)24-23-42-33-67(63-61-42)25-22-40-18-20-41(21-19-40)31-66(32-43-29-59-62-60-43)54(72)81-55(8,9)10/h18-21,33-39,43-51,53,68-70,73-74H,17,22-32H2,1-16H3,(H,59,60)/t34-,35-,36+,37-,38-,39+,43?,44+,45-,46+,47-,48+,49-,50+,51-,53+,56-,57-,58-/m1/s1. The highest BCUT2D eigenvalue weighted by atomic mass is 16.7. The number of aliphatic hydroxyl groups is 5. The van der Waals surface area contributed by atoms with Crippen LogP contribution in [0.25, 0.3) is 0 Å². The second kappa shape index (κ2) is 27.8. The molecule has 0 saturated carbocycles. The minimum absolute atomic E-state index is 0.0812. The van der Waals surface area contributed by atoms with Crippen LogP contribution in [-0.2, 0) is 63.9 Å². The summed E-state index contributed by atoms with van der Waals surface area (Å²) in [6.45, 7) is 25.9. The van der Waals surface area contributed by atoms with Gasteiger partial charge in [0.1, 0.15) is 35.6 Å². The molecule has 5 heterocycles. The maximum absolute atomic E-state index is 14.5. The molecule has 0 spiro atoms. The van der Waals surface area contributed by atoms with Gasteiger partial charge in [-0.3, -0.25) is 14.9 Å². The van der Waals surface area contributed by atoms with Crippen molar-refractivity contribution in [1.29, 1.82) is 0 Å². The van der Waals surface area contributed by atoms with E-state index in [4.69, 9.17) is 33.2 Å². The Balaban J connectivity index is 1.17. The van der Waals surface area contributed by atoms with Crippen molar-refractivity contribution in [3.63, 3.8) is 0 Å². The van der Waals surface area contributed by atoms with Crippen molar-refractivity contribution >= 4 is 12.1 Å². The van der Waals surface area contributed by atoms with Gasteiger partial charge in [0.05, 0.1) is 59.8 Å². The number of aryl methyl sites for hydroxylation is 2. The number of carbonyl (C=O) groups excluding carboxylic acids is 2. The van der Waals surface area contributed by atoms with E-state index in [2.05, 4.69) is 43.1 Å². The number of aliphatic hydroxyl groups excluding tert-OH is 3. The molecule has 4 aliphatic heterocycles. The fourth-order valence-corrected chi connectivity index (χ4v) is 12.2. The minimum atomic E-state index is -1.85. The van der Waals surface area contributed by atoms with Crippen LogP contribution in [0.5, 0.6) is 0 Å². The molecule has 460 valence electrons. The van der Waals surface area contributed by atoms with Gasteiger partial charge in [0.15, 0.2) is 12.6 Å². The molecule has 19 atom stereocenters. The van der Waals surface area contributed by atoms with Gasteiger partial charge in [-0.15, -0.1) is 5.10 Å². The summed E-state index contributed by atoms with van der Waals surface area (Å²) in [5, 5.41) is 76.7. The zero-order valence-corrected chi connectivity index (χ0v) is 51.1. The van der Waals surface area contributed by atoms with Crippen molar-refractivity contribution in [2.24, 2.45) is 28.1 Å². The van der Waals surface area contributed by atoms with Gasteiger partial charge in [-0.2, -0.15) is 5.11 Å². The van der Waals surface area contributed by atoms with Crippen LogP contribution in [0.4, 0.5) is 4.79 Å². The Morgan fingerprint density at radius 2 is 1.63 bits per heavy atom. The Bertz CT molecular complexity index is 2330. The Labute approximate surface area is 480 Å². The smallest absolute Gasteiger partial charge is 0.410 e. The molecule has 2 aromatic rings. The number of benzene rings is 1. The predicted octanol–water partition coefficient (Wildman–Crippen LogP) is 4.42. The lowest BCUT2D eigenvalue weighted by Crippen LogP contribution is -2.61. The first-order valence-corrected chi connectivity index (χ1v) is 29.2. The van der Waals surface area contributed by atoms with E-state index in [1.165, 1.54) is 14.0 Å². The molecular formula is C58H99N9O14. The van der Waals surface area contributed by atoms with E-state index in [0.29, 0.717) is 58.5 Å². The SMILES string of the molecule is CC[C@H]1OC(=O)[C@H](C)[C@@H](O[C@H]2C[C@@](C)(OC)[C@@H](O)[C@H](C)O2)[C@H](C)[C@@H](O[C@@H]2O[C@H](C)C[C@H](N(C)CCc3cn(CCc4ccc(CN(CC5CN=NN5)C(=O)OC(C)(C)C)cc4)nn3)[C@H]2O)[C@](C)(O)C[C@@H](C)CN(C)[C@H](C)[C@@H](O)[C@]1(C)O. The van der Waals surface area contributed by atoms with Gasteiger partial charge in [-0.05, 0) is 126 Å². The van der Waals surface area contributed by atoms with Gasteiger partial charge in [-0.25, -0.2) is 4.79 Å². The van der Waals surface area contributed by atoms with E-state index >= 15 is 0 Å². The molecule has 0 bridgehead atoms. The molecule has 23 nitrogen and oxygen atoms in total. The Hall–Kier alpha value is -3.98. The molecule has 23 heteroatoms. The Morgan fingerprint density at radius 1 is 0.951 bits per heavy atom. The van der Waals surface area contributed by atoms with Crippen LogP contribution in [-0.4, -0.2) is 217 Å². The van der Waals surface area contributed by atoms with Crippen molar-refractivity contribution in [3.8, 4) is 0 Å². The highest BCUT2D eigenvalue weighted by Gasteiger charge is 2.53. The molecule has 6 rings (SSSR count). The number of amides is 1. The molecule has 1 aromatic carbocycles.